The molecule has 0 atom stereocenters. The van der Waals surface area contributed by atoms with Gasteiger partial charge in [-0.25, -0.2) is 0 Å². The Kier molecular flexibility index (Phi) is 18.0. The quantitative estimate of drug-likeness (QED) is 0.208. The Balaban J connectivity index is 3.53. The van der Waals surface area contributed by atoms with Crippen LogP contribution < -0.4 is 0 Å². The fourth-order valence-corrected chi connectivity index (χ4v) is 3.01. The Bertz CT molecular complexity index is 335. The summed E-state index contributed by atoms with van der Waals surface area (Å²) in [7, 11) is 0. The summed E-state index contributed by atoms with van der Waals surface area (Å²) < 4.78 is 10.8. The molecule has 4 heteroatoms. The van der Waals surface area contributed by atoms with Gasteiger partial charge in [0.25, 0.3) is 0 Å². The fraction of sp³-hybridized carbons (Fsp3) is 0.909. The number of unbranched alkanes of at least 4 members (excludes halogenated alkanes) is 7. The van der Waals surface area contributed by atoms with Crippen molar-refractivity contribution in [2.75, 3.05) is 6.61 Å². The van der Waals surface area contributed by atoms with Gasteiger partial charge in [-0.2, -0.15) is 0 Å². The van der Waals surface area contributed by atoms with E-state index in [-0.39, 0.29) is 18.0 Å². The van der Waals surface area contributed by atoms with Crippen molar-refractivity contribution in [3.05, 3.63) is 0 Å². The van der Waals surface area contributed by atoms with Crippen LogP contribution in [0.5, 0.6) is 0 Å². The third-order valence-corrected chi connectivity index (χ3v) is 4.54. The van der Waals surface area contributed by atoms with Gasteiger partial charge in [-0.1, -0.05) is 72.1 Å². The second-order valence-electron chi connectivity index (χ2n) is 7.24. The lowest BCUT2D eigenvalue weighted by atomic mass is 10.1. The van der Waals surface area contributed by atoms with Gasteiger partial charge in [0.1, 0.15) is 6.10 Å². The van der Waals surface area contributed by atoms with E-state index in [2.05, 4.69) is 20.8 Å². The van der Waals surface area contributed by atoms with Crippen LogP contribution in [0.25, 0.3) is 0 Å². The fourth-order valence-electron chi connectivity index (χ4n) is 3.01. The molecule has 0 amide bonds. The van der Waals surface area contributed by atoms with Crippen molar-refractivity contribution in [3.63, 3.8) is 0 Å². The molecular weight excluding hydrogens is 328 g/mol. The predicted molar refractivity (Wildman–Crippen MR) is 107 cm³/mol. The smallest absolute Gasteiger partial charge is 0.306 e. The molecule has 0 fully saturated rings. The van der Waals surface area contributed by atoms with Gasteiger partial charge in [-0.3, -0.25) is 9.59 Å². The minimum atomic E-state index is -0.140. The zero-order valence-corrected chi connectivity index (χ0v) is 17.5. The molecule has 154 valence electrons. The molecule has 0 aliphatic heterocycles. The zero-order valence-electron chi connectivity index (χ0n) is 17.5. The van der Waals surface area contributed by atoms with E-state index in [1.54, 1.807) is 0 Å². The van der Waals surface area contributed by atoms with Crippen molar-refractivity contribution >= 4 is 11.9 Å². The van der Waals surface area contributed by atoms with Gasteiger partial charge in [-0.05, 0) is 32.1 Å². The molecule has 4 nitrogen and oxygen atoms in total. The Morgan fingerprint density at radius 3 is 1.77 bits per heavy atom. The van der Waals surface area contributed by atoms with Crippen LogP contribution in [-0.4, -0.2) is 24.6 Å². The van der Waals surface area contributed by atoms with Gasteiger partial charge >= 0.3 is 11.9 Å². The second kappa shape index (κ2) is 18.7. The Morgan fingerprint density at radius 1 is 0.654 bits per heavy atom. The van der Waals surface area contributed by atoms with E-state index in [1.807, 2.05) is 0 Å². The predicted octanol–water partition coefficient (Wildman–Crippen LogP) is 6.35. The van der Waals surface area contributed by atoms with E-state index < -0.39 is 0 Å². The van der Waals surface area contributed by atoms with Gasteiger partial charge < -0.3 is 9.47 Å². The molecular formula is C22H42O4. The minimum Gasteiger partial charge on any atom is -0.466 e. The molecule has 0 aromatic carbocycles. The third-order valence-electron chi connectivity index (χ3n) is 4.54. The lowest BCUT2D eigenvalue weighted by Gasteiger charge is -2.16. The minimum absolute atomic E-state index is 0.0597. The number of carbonyl (C=O) groups excluding carboxylic acids is 2. The van der Waals surface area contributed by atoms with E-state index in [0.29, 0.717) is 32.3 Å². The van der Waals surface area contributed by atoms with Crippen LogP contribution in [0.3, 0.4) is 0 Å². The normalized spacial score (nSPS) is 10.9. The van der Waals surface area contributed by atoms with Crippen LogP contribution in [-0.2, 0) is 19.1 Å². The average Bonchev–Trinajstić information content (AvgIpc) is 2.61. The van der Waals surface area contributed by atoms with Gasteiger partial charge in [0.05, 0.1) is 6.61 Å². The van der Waals surface area contributed by atoms with Crippen molar-refractivity contribution in [2.24, 2.45) is 0 Å². The van der Waals surface area contributed by atoms with Crippen LogP contribution in [0.15, 0.2) is 0 Å². The van der Waals surface area contributed by atoms with Crippen LogP contribution in [0.4, 0.5) is 0 Å². The SMILES string of the molecule is CCCCCCCCCOC(=O)CCCCC(=O)OC(CCC)CCC. The van der Waals surface area contributed by atoms with E-state index in [9.17, 15) is 9.59 Å². The summed E-state index contributed by atoms with van der Waals surface area (Å²) in [6.07, 6.45) is 14.7. The van der Waals surface area contributed by atoms with Crippen molar-refractivity contribution in [1.29, 1.82) is 0 Å². The van der Waals surface area contributed by atoms with E-state index in [0.717, 1.165) is 38.5 Å². The third kappa shape index (κ3) is 16.4. The molecule has 0 saturated heterocycles. The standard InChI is InChI=1S/C22H42O4/c1-4-7-8-9-10-11-14-19-25-21(23)17-12-13-18-22(24)26-20(15-5-2)16-6-3/h20H,4-19H2,1-3H3. The maximum atomic E-state index is 11.8. The van der Waals surface area contributed by atoms with Gasteiger partial charge in [0, 0.05) is 12.8 Å². The van der Waals surface area contributed by atoms with Gasteiger partial charge in [-0.15, -0.1) is 0 Å². The zero-order chi connectivity index (χ0) is 19.5. The molecule has 0 aliphatic carbocycles. The first-order valence-electron chi connectivity index (χ1n) is 11.0. The highest BCUT2D eigenvalue weighted by Crippen LogP contribution is 2.12. The highest BCUT2D eigenvalue weighted by Gasteiger charge is 2.13. The number of ether oxygens (including phenoxy) is 2. The molecule has 0 saturated carbocycles. The molecule has 0 heterocycles. The molecule has 0 unspecified atom stereocenters. The summed E-state index contributed by atoms with van der Waals surface area (Å²) in [4.78, 5) is 23.5. The van der Waals surface area contributed by atoms with Crippen LogP contribution in [0, 0.1) is 0 Å². The molecule has 0 bridgehead atoms. The number of esters is 2. The van der Waals surface area contributed by atoms with Crippen molar-refractivity contribution < 1.29 is 19.1 Å². The first-order valence-corrected chi connectivity index (χ1v) is 11.0. The monoisotopic (exact) mass is 370 g/mol. The van der Waals surface area contributed by atoms with Crippen molar-refractivity contribution in [1.82, 2.24) is 0 Å². The van der Waals surface area contributed by atoms with Crippen molar-refractivity contribution in [3.8, 4) is 0 Å². The molecule has 0 aliphatic rings. The summed E-state index contributed by atoms with van der Waals surface area (Å²) in [6, 6.07) is 0. The summed E-state index contributed by atoms with van der Waals surface area (Å²) >= 11 is 0. The lowest BCUT2D eigenvalue weighted by Crippen LogP contribution is -2.17. The average molecular weight is 371 g/mol. The molecule has 0 radical (unpaired) electrons. The first-order chi connectivity index (χ1) is 12.6. The van der Waals surface area contributed by atoms with Gasteiger partial charge in [0.15, 0.2) is 0 Å². The highest BCUT2D eigenvalue weighted by atomic mass is 16.5. The molecule has 0 spiro atoms. The number of hydrogen-bond acceptors (Lipinski definition) is 4. The molecule has 26 heavy (non-hydrogen) atoms. The summed E-state index contributed by atoms with van der Waals surface area (Å²) in [6.45, 7) is 6.96. The molecule has 0 aromatic rings. The summed E-state index contributed by atoms with van der Waals surface area (Å²) in [5, 5.41) is 0. The number of rotatable bonds is 18. The van der Waals surface area contributed by atoms with Crippen LogP contribution >= 0.6 is 0 Å². The maximum Gasteiger partial charge on any atom is 0.306 e. The van der Waals surface area contributed by atoms with Gasteiger partial charge in [0.2, 0.25) is 0 Å². The summed E-state index contributed by atoms with van der Waals surface area (Å²) in [5.74, 6) is -0.271. The van der Waals surface area contributed by atoms with Crippen LogP contribution in [0.1, 0.15) is 117 Å². The maximum absolute atomic E-state index is 11.8. The topological polar surface area (TPSA) is 52.6 Å². The number of carbonyl (C=O) groups is 2. The van der Waals surface area contributed by atoms with E-state index in [4.69, 9.17) is 9.47 Å². The Morgan fingerprint density at radius 2 is 1.19 bits per heavy atom. The molecule has 0 aromatic heterocycles. The lowest BCUT2D eigenvalue weighted by molar-refractivity contribution is -0.150. The summed E-state index contributed by atoms with van der Waals surface area (Å²) in [5.41, 5.74) is 0. The molecule has 0 rings (SSSR count). The number of hydrogen-bond donors (Lipinski definition) is 0. The highest BCUT2D eigenvalue weighted by molar-refractivity contribution is 5.70. The second-order valence-corrected chi connectivity index (χ2v) is 7.24. The molecule has 0 N–H and O–H groups in total. The first kappa shape index (κ1) is 24.9. The largest absolute Gasteiger partial charge is 0.466 e. The van der Waals surface area contributed by atoms with Crippen LogP contribution in [0.2, 0.25) is 0 Å². The van der Waals surface area contributed by atoms with E-state index in [1.165, 1.54) is 32.1 Å². The van der Waals surface area contributed by atoms with E-state index >= 15 is 0 Å². The van der Waals surface area contributed by atoms with Crippen molar-refractivity contribution in [2.45, 2.75) is 123 Å². The Labute approximate surface area is 161 Å². The Hall–Kier alpha value is -1.06.